The highest BCUT2D eigenvalue weighted by Gasteiger charge is 2.38. The smallest absolute Gasteiger partial charge is 0.475 e. The molecule has 0 aliphatic heterocycles. The third kappa shape index (κ3) is 40.9. The van der Waals surface area contributed by atoms with Gasteiger partial charge in [-0.15, -0.1) is 0 Å². The lowest BCUT2D eigenvalue weighted by molar-refractivity contribution is -0.236. The summed E-state index contributed by atoms with van der Waals surface area (Å²) in [5.41, 5.74) is 6.37. The molecule has 0 saturated carbocycles. The molecular formula is C41H78F3NO4. The van der Waals surface area contributed by atoms with Crippen LogP contribution in [0.5, 0.6) is 0 Å². The minimum absolute atomic E-state index is 0.700. The summed E-state index contributed by atoms with van der Waals surface area (Å²) < 4.78 is 43.7. The quantitative estimate of drug-likeness (QED) is 0.0390. The number of ether oxygens (including phenoxy) is 2. The van der Waals surface area contributed by atoms with Gasteiger partial charge in [0.15, 0.2) is 0 Å². The molecule has 0 aliphatic carbocycles. The van der Waals surface area contributed by atoms with Crippen LogP contribution in [0.2, 0.25) is 0 Å². The van der Waals surface area contributed by atoms with Crippen molar-refractivity contribution >= 4 is 5.97 Å². The number of carboxylic acid groups (broad SMARTS) is 1. The zero-order chi connectivity index (χ0) is 36.7. The van der Waals surface area contributed by atoms with Crippen molar-refractivity contribution in [2.45, 2.75) is 219 Å². The molecule has 0 aromatic carbocycles. The van der Waals surface area contributed by atoms with Crippen LogP contribution in [0.1, 0.15) is 207 Å². The SMILES string of the molecule is CCCCCCCCC=CCCCCCCCCOC(N)(CC)OCCCCCCCCC=CCCCCCCCC.O=C(O)C(F)(F)F. The molecule has 8 heteroatoms. The molecule has 0 aromatic heterocycles. The van der Waals surface area contributed by atoms with Gasteiger partial charge in [-0.3, -0.25) is 5.73 Å². The first-order valence-corrected chi connectivity index (χ1v) is 20.3. The molecule has 0 spiro atoms. The lowest BCUT2D eigenvalue weighted by Gasteiger charge is -2.28. The number of alkyl halides is 3. The minimum atomic E-state index is -5.08. The van der Waals surface area contributed by atoms with Crippen LogP contribution in [0.3, 0.4) is 0 Å². The van der Waals surface area contributed by atoms with Gasteiger partial charge in [-0.05, 0) is 64.2 Å². The summed E-state index contributed by atoms with van der Waals surface area (Å²) >= 11 is 0. The predicted molar refractivity (Wildman–Crippen MR) is 202 cm³/mol. The molecule has 0 atom stereocenters. The van der Waals surface area contributed by atoms with Crippen LogP contribution >= 0.6 is 0 Å². The monoisotopic (exact) mass is 706 g/mol. The maximum absolute atomic E-state index is 10.6. The molecule has 49 heavy (non-hydrogen) atoms. The number of aliphatic carboxylic acids is 1. The highest BCUT2D eigenvalue weighted by atomic mass is 19.4. The molecule has 0 bridgehead atoms. The summed E-state index contributed by atoms with van der Waals surface area (Å²) in [6, 6.07) is 0. The Morgan fingerprint density at radius 2 is 0.755 bits per heavy atom. The van der Waals surface area contributed by atoms with Gasteiger partial charge in [0, 0.05) is 6.42 Å². The van der Waals surface area contributed by atoms with E-state index in [1.165, 1.54) is 167 Å². The van der Waals surface area contributed by atoms with Crippen molar-refractivity contribution in [2.24, 2.45) is 5.73 Å². The van der Waals surface area contributed by atoms with E-state index in [0.29, 0.717) is 19.6 Å². The highest BCUT2D eigenvalue weighted by molar-refractivity contribution is 5.73. The van der Waals surface area contributed by atoms with Crippen molar-refractivity contribution in [3.8, 4) is 0 Å². The van der Waals surface area contributed by atoms with E-state index in [9.17, 15) is 13.2 Å². The molecule has 0 saturated heterocycles. The Morgan fingerprint density at radius 3 is 1.00 bits per heavy atom. The summed E-state index contributed by atoms with van der Waals surface area (Å²) in [7, 11) is 0. The van der Waals surface area contributed by atoms with Crippen molar-refractivity contribution in [1.29, 1.82) is 0 Å². The first-order valence-electron chi connectivity index (χ1n) is 20.3. The summed E-state index contributed by atoms with van der Waals surface area (Å²) in [6.45, 7) is 8.04. The van der Waals surface area contributed by atoms with Gasteiger partial charge in [0.05, 0.1) is 13.2 Å². The number of hydrogen-bond acceptors (Lipinski definition) is 4. The molecule has 0 heterocycles. The van der Waals surface area contributed by atoms with Crippen LogP contribution in [0.15, 0.2) is 24.3 Å². The second-order valence-corrected chi connectivity index (χ2v) is 13.5. The predicted octanol–water partition coefficient (Wildman–Crippen LogP) is 13.8. The molecule has 0 amide bonds. The van der Waals surface area contributed by atoms with E-state index in [0.717, 1.165) is 12.8 Å². The van der Waals surface area contributed by atoms with Gasteiger partial charge < -0.3 is 14.6 Å². The first kappa shape index (κ1) is 49.7. The zero-order valence-corrected chi connectivity index (χ0v) is 32.1. The number of unbranched alkanes of at least 4 members (excludes halogenated alkanes) is 24. The van der Waals surface area contributed by atoms with Gasteiger partial charge in [0.2, 0.25) is 5.91 Å². The molecule has 0 aromatic rings. The summed E-state index contributed by atoms with van der Waals surface area (Å²) in [6.07, 6.45) is 42.2. The van der Waals surface area contributed by atoms with E-state index in [2.05, 4.69) is 45.1 Å². The van der Waals surface area contributed by atoms with Gasteiger partial charge >= 0.3 is 12.1 Å². The summed E-state index contributed by atoms with van der Waals surface area (Å²) in [4.78, 5) is 8.90. The second kappa shape index (κ2) is 37.9. The number of halogens is 3. The highest BCUT2D eigenvalue weighted by Crippen LogP contribution is 2.16. The van der Waals surface area contributed by atoms with Gasteiger partial charge in [-0.1, -0.05) is 161 Å². The number of nitrogens with two attached hydrogens (primary N) is 1. The largest absolute Gasteiger partial charge is 0.490 e. The Morgan fingerprint density at radius 1 is 0.510 bits per heavy atom. The van der Waals surface area contributed by atoms with Crippen LogP contribution in [0.25, 0.3) is 0 Å². The normalized spacial score (nSPS) is 13.2. The van der Waals surface area contributed by atoms with Crippen molar-refractivity contribution in [3.05, 3.63) is 24.3 Å². The fourth-order valence-corrected chi connectivity index (χ4v) is 5.43. The Kier molecular flexibility index (Phi) is 38.4. The number of allylic oxidation sites excluding steroid dienone is 4. The third-order valence-corrected chi connectivity index (χ3v) is 8.74. The molecule has 5 nitrogen and oxygen atoms in total. The van der Waals surface area contributed by atoms with Crippen molar-refractivity contribution < 1.29 is 32.5 Å². The molecule has 292 valence electrons. The van der Waals surface area contributed by atoms with Gasteiger partial charge in [-0.25, -0.2) is 4.79 Å². The Hall–Kier alpha value is -1.38. The molecule has 0 radical (unpaired) electrons. The number of hydrogen-bond donors (Lipinski definition) is 2. The van der Waals surface area contributed by atoms with E-state index >= 15 is 0 Å². The van der Waals surface area contributed by atoms with E-state index in [1.54, 1.807) is 0 Å². The summed E-state index contributed by atoms with van der Waals surface area (Å²) in [5.74, 6) is -3.66. The Bertz CT molecular complexity index is 699. The second-order valence-electron chi connectivity index (χ2n) is 13.5. The molecular weight excluding hydrogens is 627 g/mol. The van der Waals surface area contributed by atoms with Gasteiger partial charge in [0.1, 0.15) is 0 Å². The molecule has 0 unspecified atom stereocenters. The maximum Gasteiger partial charge on any atom is 0.490 e. The van der Waals surface area contributed by atoms with Crippen molar-refractivity contribution in [3.63, 3.8) is 0 Å². The first-order chi connectivity index (χ1) is 23.6. The van der Waals surface area contributed by atoms with Crippen molar-refractivity contribution in [2.75, 3.05) is 13.2 Å². The Labute approximate surface area is 300 Å². The lowest BCUT2D eigenvalue weighted by Crippen LogP contribution is -2.45. The minimum Gasteiger partial charge on any atom is -0.475 e. The van der Waals surface area contributed by atoms with E-state index < -0.39 is 18.1 Å². The van der Waals surface area contributed by atoms with E-state index in [4.69, 9.17) is 25.1 Å². The molecule has 0 aliphatic rings. The van der Waals surface area contributed by atoms with Crippen LogP contribution < -0.4 is 5.73 Å². The van der Waals surface area contributed by atoms with Crippen LogP contribution in [0.4, 0.5) is 13.2 Å². The van der Waals surface area contributed by atoms with Crippen LogP contribution in [-0.4, -0.2) is 36.4 Å². The maximum atomic E-state index is 10.6. The Balaban J connectivity index is 0. The topological polar surface area (TPSA) is 81.8 Å². The van der Waals surface area contributed by atoms with Crippen molar-refractivity contribution in [1.82, 2.24) is 0 Å². The third-order valence-electron chi connectivity index (χ3n) is 8.74. The number of carbonyl (C=O) groups is 1. The zero-order valence-electron chi connectivity index (χ0n) is 32.1. The number of carboxylic acids is 1. The van der Waals surface area contributed by atoms with E-state index in [-0.39, 0.29) is 0 Å². The lowest BCUT2D eigenvalue weighted by atomic mass is 10.1. The van der Waals surface area contributed by atoms with E-state index in [1.807, 2.05) is 0 Å². The van der Waals surface area contributed by atoms with Gasteiger partial charge in [-0.2, -0.15) is 13.2 Å². The fourth-order valence-electron chi connectivity index (χ4n) is 5.43. The fraction of sp³-hybridized carbons (Fsp3) is 0.878. The van der Waals surface area contributed by atoms with Crippen LogP contribution in [-0.2, 0) is 14.3 Å². The van der Waals surface area contributed by atoms with Gasteiger partial charge in [0.25, 0.3) is 0 Å². The standard InChI is InChI=1S/C39H77NO2.C2HF3O2/c1-4-7-9-11-13-15-17-19-21-23-25-27-29-31-33-35-37-41-39(40,6-3)42-38-36-34-32-30-28-26-24-22-20-18-16-14-12-10-8-5-2;3-2(4,5)1(6)7/h19-22H,4-18,23-38,40H2,1-3H3;(H,6,7). The molecule has 3 N–H and O–H groups in total. The van der Waals surface area contributed by atoms with Crippen LogP contribution in [0, 0.1) is 0 Å². The summed E-state index contributed by atoms with van der Waals surface area (Å²) in [5, 5.41) is 7.12. The number of rotatable bonds is 35. The molecule has 0 rings (SSSR count). The average molecular weight is 706 g/mol. The molecule has 0 fully saturated rings. The average Bonchev–Trinajstić information content (AvgIpc) is 3.07.